The first-order chi connectivity index (χ1) is 12.9. The highest BCUT2D eigenvalue weighted by Crippen LogP contribution is 2.22. The van der Waals surface area contributed by atoms with Gasteiger partial charge in [-0.05, 0) is 31.4 Å². The Kier molecular flexibility index (Phi) is 8.52. The summed E-state index contributed by atoms with van der Waals surface area (Å²) >= 11 is 1.14. The number of carbonyl (C=O) groups is 2. The predicted octanol–water partition coefficient (Wildman–Crippen LogP) is 1.97. The van der Waals surface area contributed by atoms with Crippen molar-refractivity contribution >= 4 is 33.7 Å². The van der Waals surface area contributed by atoms with Crippen LogP contribution in [0.5, 0.6) is 0 Å². The van der Waals surface area contributed by atoms with E-state index in [-0.39, 0.29) is 10.6 Å². The number of imide groups is 1. The first kappa shape index (κ1) is 21.6. The smallest absolute Gasteiger partial charge is 0.321 e. The quantitative estimate of drug-likeness (QED) is 0.661. The Bertz CT molecular complexity index is 730. The van der Waals surface area contributed by atoms with E-state index in [1.165, 1.54) is 16.6 Å². The number of aromatic nitrogens is 1. The molecule has 1 aliphatic rings. The van der Waals surface area contributed by atoms with Crippen molar-refractivity contribution in [3.8, 4) is 0 Å². The fourth-order valence-corrected chi connectivity index (χ4v) is 4.73. The van der Waals surface area contributed by atoms with Crippen LogP contribution in [0.4, 0.5) is 4.79 Å². The average molecular weight is 415 g/mol. The summed E-state index contributed by atoms with van der Waals surface area (Å²) in [5, 5.41) is 5.31. The lowest BCUT2D eigenvalue weighted by Crippen LogP contribution is -2.40. The molecule has 8 nitrogen and oxygen atoms in total. The summed E-state index contributed by atoms with van der Waals surface area (Å²) < 4.78 is 26.9. The van der Waals surface area contributed by atoms with Gasteiger partial charge in [-0.3, -0.25) is 10.1 Å². The van der Waals surface area contributed by atoms with Gasteiger partial charge in [0.2, 0.25) is 15.9 Å². The van der Waals surface area contributed by atoms with Gasteiger partial charge in [-0.25, -0.2) is 18.2 Å². The minimum atomic E-state index is -3.53. The summed E-state index contributed by atoms with van der Waals surface area (Å²) in [6.07, 6.45) is 5.97. The number of hydrogen-bond donors (Lipinski definition) is 2. The monoisotopic (exact) mass is 414 g/mol. The molecular weight excluding hydrogens is 388 g/mol. The maximum Gasteiger partial charge on any atom is 0.321 e. The van der Waals surface area contributed by atoms with Gasteiger partial charge in [-0.2, -0.15) is 4.31 Å². The highest BCUT2D eigenvalue weighted by molar-refractivity contribution is 7.99. The summed E-state index contributed by atoms with van der Waals surface area (Å²) in [7, 11) is -3.53. The van der Waals surface area contributed by atoms with Crippen LogP contribution in [-0.4, -0.2) is 55.0 Å². The van der Waals surface area contributed by atoms with E-state index in [1.54, 1.807) is 6.07 Å². The highest BCUT2D eigenvalue weighted by atomic mass is 32.2. The third kappa shape index (κ3) is 6.78. The number of hydrogen-bond acceptors (Lipinski definition) is 6. The number of urea groups is 1. The Morgan fingerprint density at radius 1 is 1.19 bits per heavy atom. The van der Waals surface area contributed by atoms with Crippen LogP contribution < -0.4 is 10.6 Å². The zero-order valence-electron chi connectivity index (χ0n) is 15.4. The standard InChI is InChI=1S/C17H26N4O4S2/c1-2-9-18-17(23)20-15(22)13-26-16-8-7-14(12-19-16)27(24,25)21-10-5-3-4-6-11-21/h7-8,12H,2-6,9-11,13H2,1H3,(H2,18,20,22,23). The van der Waals surface area contributed by atoms with Gasteiger partial charge in [0.1, 0.15) is 4.90 Å². The van der Waals surface area contributed by atoms with Crippen molar-refractivity contribution in [2.45, 2.75) is 48.9 Å². The Labute approximate surface area is 164 Å². The minimum absolute atomic E-state index is 0.0186. The molecule has 1 aromatic rings. The molecule has 3 amide bonds. The predicted molar refractivity (Wildman–Crippen MR) is 104 cm³/mol. The Morgan fingerprint density at radius 3 is 2.48 bits per heavy atom. The van der Waals surface area contributed by atoms with E-state index < -0.39 is 22.0 Å². The van der Waals surface area contributed by atoms with E-state index in [2.05, 4.69) is 15.6 Å². The van der Waals surface area contributed by atoms with Crippen molar-refractivity contribution in [3.05, 3.63) is 18.3 Å². The summed E-state index contributed by atoms with van der Waals surface area (Å²) in [5.74, 6) is -0.415. The zero-order chi connectivity index (χ0) is 19.7. The number of amides is 3. The highest BCUT2D eigenvalue weighted by Gasteiger charge is 2.25. The van der Waals surface area contributed by atoms with Crippen LogP contribution in [0.1, 0.15) is 39.0 Å². The van der Waals surface area contributed by atoms with Gasteiger partial charge in [0.05, 0.1) is 10.8 Å². The molecule has 1 saturated heterocycles. The van der Waals surface area contributed by atoms with Gasteiger partial charge < -0.3 is 5.32 Å². The third-order valence-corrected chi connectivity index (χ3v) is 6.88. The molecule has 0 aromatic carbocycles. The van der Waals surface area contributed by atoms with Crippen LogP contribution in [0.3, 0.4) is 0 Å². The molecule has 0 aliphatic carbocycles. The number of rotatable bonds is 7. The van der Waals surface area contributed by atoms with Crippen LogP contribution in [0.25, 0.3) is 0 Å². The van der Waals surface area contributed by atoms with Gasteiger partial charge in [0.25, 0.3) is 0 Å². The van der Waals surface area contributed by atoms with E-state index in [1.807, 2.05) is 6.92 Å². The third-order valence-electron chi connectivity index (χ3n) is 4.05. The van der Waals surface area contributed by atoms with Crippen molar-refractivity contribution in [2.24, 2.45) is 0 Å². The summed E-state index contributed by atoms with van der Waals surface area (Å²) in [6, 6.07) is 2.58. The first-order valence-corrected chi connectivity index (χ1v) is 11.5. The van der Waals surface area contributed by atoms with Crippen LogP contribution in [0, 0.1) is 0 Å². The Balaban J connectivity index is 1.89. The number of sulfonamides is 1. The molecule has 10 heteroatoms. The number of nitrogens with one attached hydrogen (secondary N) is 2. The van der Waals surface area contributed by atoms with Gasteiger partial charge in [-0.1, -0.05) is 31.5 Å². The molecule has 0 unspecified atom stereocenters. The zero-order valence-corrected chi connectivity index (χ0v) is 17.1. The molecule has 0 saturated carbocycles. The van der Waals surface area contributed by atoms with Gasteiger partial charge >= 0.3 is 6.03 Å². The van der Waals surface area contributed by atoms with Crippen molar-refractivity contribution in [1.29, 1.82) is 0 Å². The lowest BCUT2D eigenvalue weighted by Gasteiger charge is -2.19. The van der Waals surface area contributed by atoms with Crippen LogP contribution in [0.2, 0.25) is 0 Å². The second-order valence-electron chi connectivity index (χ2n) is 6.24. The van der Waals surface area contributed by atoms with Crippen molar-refractivity contribution in [3.63, 3.8) is 0 Å². The largest absolute Gasteiger partial charge is 0.338 e. The normalized spacial score (nSPS) is 15.7. The topological polar surface area (TPSA) is 108 Å². The summed E-state index contributed by atoms with van der Waals surface area (Å²) in [5.41, 5.74) is 0. The maximum atomic E-state index is 12.7. The molecule has 0 radical (unpaired) electrons. The fraction of sp³-hybridized carbons (Fsp3) is 0.588. The lowest BCUT2D eigenvalue weighted by atomic mass is 10.2. The second-order valence-corrected chi connectivity index (χ2v) is 9.18. The maximum absolute atomic E-state index is 12.7. The molecule has 27 heavy (non-hydrogen) atoms. The van der Waals surface area contributed by atoms with Crippen LogP contribution in [-0.2, 0) is 14.8 Å². The van der Waals surface area contributed by atoms with E-state index >= 15 is 0 Å². The van der Waals surface area contributed by atoms with E-state index in [4.69, 9.17) is 0 Å². The number of carbonyl (C=O) groups excluding carboxylic acids is 2. The summed E-state index contributed by atoms with van der Waals surface area (Å²) in [4.78, 5) is 27.5. The van der Waals surface area contributed by atoms with Gasteiger partial charge in [0.15, 0.2) is 0 Å². The summed E-state index contributed by atoms with van der Waals surface area (Å²) in [6.45, 7) is 3.50. The number of pyridine rings is 1. The molecule has 0 atom stereocenters. The SMILES string of the molecule is CCCNC(=O)NC(=O)CSc1ccc(S(=O)(=O)N2CCCCCC2)cn1. The second kappa shape index (κ2) is 10.6. The van der Waals surface area contributed by atoms with Crippen LogP contribution >= 0.6 is 11.8 Å². The molecule has 2 heterocycles. The van der Waals surface area contributed by atoms with Crippen molar-refractivity contribution < 1.29 is 18.0 Å². The van der Waals surface area contributed by atoms with E-state index in [9.17, 15) is 18.0 Å². The molecule has 0 bridgehead atoms. The lowest BCUT2D eigenvalue weighted by molar-refractivity contribution is -0.117. The molecular formula is C17H26N4O4S2. The number of nitrogens with zero attached hydrogens (tertiary/aromatic N) is 2. The average Bonchev–Trinajstić information content (AvgIpc) is 2.95. The Morgan fingerprint density at radius 2 is 1.89 bits per heavy atom. The first-order valence-electron chi connectivity index (χ1n) is 9.10. The molecule has 1 fully saturated rings. The molecule has 0 spiro atoms. The molecule has 1 aliphatic heterocycles. The molecule has 2 N–H and O–H groups in total. The van der Waals surface area contributed by atoms with Crippen molar-refractivity contribution in [1.82, 2.24) is 19.9 Å². The molecule has 150 valence electrons. The Hall–Kier alpha value is -1.65. The molecule has 2 rings (SSSR count). The number of thioether (sulfide) groups is 1. The van der Waals surface area contributed by atoms with Gasteiger partial charge in [-0.15, -0.1) is 0 Å². The van der Waals surface area contributed by atoms with Gasteiger partial charge in [0, 0.05) is 25.8 Å². The van der Waals surface area contributed by atoms with Crippen molar-refractivity contribution in [2.75, 3.05) is 25.4 Å². The fourth-order valence-electron chi connectivity index (χ4n) is 2.62. The van der Waals surface area contributed by atoms with Crippen LogP contribution in [0.15, 0.2) is 28.3 Å². The molecule has 1 aromatic heterocycles. The van der Waals surface area contributed by atoms with E-state index in [0.717, 1.165) is 43.9 Å². The minimum Gasteiger partial charge on any atom is -0.338 e. The van der Waals surface area contributed by atoms with E-state index in [0.29, 0.717) is 24.7 Å².